The molecule has 0 bridgehead atoms. The van der Waals surface area contributed by atoms with E-state index in [0.29, 0.717) is 35.5 Å². The lowest BCUT2D eigenvalue weighted by atomic mass is 9.70. The second kappa shape index (κ2) is 7.53. The molecule has 1 aliphatic heterocycles. The van der Waals surface area contributed by atoms with Crippen molar-refractivity contribution in [3.63, 3.8) is 0 Å². The van der Waals surface area contributed by atoms with E-state index in [2.05, 4.69) is 6.92 Å². The number of esters is 1. The maximum atomic E-state index is 11.8. The van der Waals surface area contributed by atoms with Crippen LogP contribution in [0.15, 0.2) is 17.7 Å². The van der Waals surface area contributed by atoms with Crippen LogP contribution in [-0.2, 0) is 11.2 Å². The van der Waals surface area contributed by atoms with Gasteiger partial charge in [0.25, 0.3) is 0 Å². The van der Waals surface area contributed by atoms with E-state index in [9.17, 15) is 15.0 Å². The number of carbonyl (C=O) groups excluding carboxylic acids is 1. The Morgan fingerprint density at radius 3 is 2.64 bits per heavy atom. The van der Waals surface area contributed by atoms with Crippen molar-refractivity contribution in [2.75, 3.05) is 0 Å². The number of hydrogen-bond donors (Lipinski definition) is 2. The summed E-state index contributed by atoms with van der Waals surface area (Å²) in [7, 11) is 0. The Kier molecular flexibility index (Phi) is 5.61. The average Bonchev–Trinajstić information content (AvgIpc) is 2.57. The van der Waals surface area contributed by atoms with Crippen LogP contribution in [0.5, 0.6) is 11.5 Å². The van der Waals surface area contributed by atoms with Gasteiger partial charge in [-0.15, -0.1) is 0 Å². The summed E-state index contributed by atoms with van der Waals surface area (Å²) in [5.74, 6) is 0.582. The molecule has 1 heterocycles. The van der Waals surface area contributed by atoms with Gasteiger partial charge in [-0.1, -0.05) is 19.8 Å². The lowest BCUT2D eigenvalue weighted by Crippen LogP contribution is -2.48. The lowest BCUT2D eigenvalue weighted by Gasteiger charge is -2.45. The van der Waals surface area contributed by atoms with Crippen LogP contribution in [-0.4, -0.2) is 33.5 Å². The van der Waals surface area contributed by atoms with Crippen LogP contribution in [0.4, 0.5) is 0 Å². The van der Waals surface area contributed by atoms with E-state index < -0.39 is 23.3 Å². The molecular formula is C23H32O5. The number of aryl methyl sites for hydroxylation is 1. The highest BCUT2D eigenvalue weighted by molar-refractivity contribution is 5.86. The van der Waals surface area contributed by atoms with Gasteiger partial charge in [0.1, 0.15) is 23.2 Å². The Balaban J connectivity index is 2.17. The van der Waals surface area contributed by atoms with Crippen molar-refractivity contribution in [2.24, 2.45) is 0 Å². The minimum absolute atomic E-state index is 0.399. The van der Waals surface area contributed by atoms with Crippen molar-refractivity contribution < 1.29 is 24.5 Å². The lowest BCUT2D eigenvalue weighted by molar-refractivity contribution is -0.131. The summed E-state index contributed by atoms with van der Waals surface area (Å²) in [6.07, 6.45) is 4.16. The standard InChI is InChI=1S/C23H32O5/c1-6-7-8-9-15-12-17(27-14(2)24)20-18(13-15)28-22(3,4)16-10-11-23(5,26)21(25)19(16)20/h12-13,21,25-26H,6-11H2,1-5H3. The molecule has 0 aromatic heterocycles. The second-order valence-corrected chi connectivity index (χ2v) is 8.78. The molecule has 0 spiro atoms. The van der Waals surface area contributed by atoms with Crippen LogP contribution < -0.4 is 9.47 Å². The first-order valence-electron chi connectivity index (χ1n) is 10.3. The minimum Gasteiger partial charge on any atom is -0.483 e. The fourth-order valence-corrected chi connectivity index (χ4v) is 4.32. The van der Waals surface area contributed by atoms with Gasteiger partial charge in [-0.25, -0.2) is 0 Å². The summed E-state index contributed by atoms with van der Waals surface area (Å²) in [5, 5.41) is 21.7. The molecule has 0 saturated carbocycles. The largest absolute Gasteiger partial charge is 0.483 e. The zero-order valence-electron chi connectivity index (χ0n) is 17.6. The number of rotatable bonds is 5. The zero-order chi connectivity index (χ0) is 20.7. The summed E-state index contributed by atoms with van der Waals surface area (Å²) in [4.78, 5) is 11.8. The molecule has 1 aromatic rings. The van der Waals surface area contributed by atoms with Gasteiger partial charge in [0, 0.05) is 12.5 Å². The normalized spacial score (nSPS) is 25.6. The predicted molar refractivity (Wildman–Crippen MR) is 108 cm³/mol. The van der Waals surface area contributed by atoms with Crippen molar-refractivity contribution in [1.29, 1.82) is 0 Å². The van der Waals surface area contributed by atoms with Crippen molar-refractivity contribution in [1.82, 2.24) is 0 Å². The molecule has 0 fully saturated rings. The summed E-state index contributed by atoms with van der Waals surface area (Å²) in [6, 6.07) is 3.86. The monoisotopic (exact) mass is 388 g/mol. The first kappa shape index (κ1) is 20.9. The third kappa shape index (κ3) is 3.83. The van der Waals surface area contributed by atoms with E-state index in [1.807, 2.05) is 26.0 Å². The summed E-state index contributed by atoms with van der Waals surface area (Å²) in [6.45, 7) is 9.13. The van der Waals surface area contributed by atoms with E-state index in [-0.39, 0.29) is 0 Å². The Labute approximate surface area is 167 Å². The van der Waals surface area contributed by atoms with Crippen LogP contribution >= 0.6 is 0 Å². The van der Waals surface area contributed by atoms with Gasteiger partial charge in [0.05, 0.1) is 11.2 Å². The van der Waals surface area contributed by atoms with Crippen molar-refractivity contribution in [2.45, 2.75) is 90.4 Å². The Morgan fingerprint density at radius 2 is 2.00 bits per heavy atom. The fraction of sp³-hybridized carbons (Fsp3) is 0.609. The smallest absolute Gasteiger partial charge is 0.308 e. The van der Waals surface area contributed by atoms with E-state index in [4.69, 9.17) is 9.47 Å². The average molecular weight is 389 g/mol. The fourth-order valence-electron chi connectivity index (χ4n) is 4.32. The molecule has 1 aromatic carbocycles. The predicted octanol–water partition coefficient (Wildman–Crippen LogP) is 4.17. The van der Waals surface area contributed by atoms with Crippen LogP contribution in [0.1, 0.15) is 77.8 Å². The molecular weight excluding hydrogens is 356 g/mol. The molecule has 3 rings (SSSR count). The number of ether oxygens (including phenoxy) is 2. The van der Waals surface area contributed by atoms with Gasteiger partial charge < -0.3 is 19.7 Å². The minimum atomic E-state index is -1.24. The van der Waals surface area contributed by atoms with Gasteiger partial charge in [-0.3, -0.25) is 4.79 Å². The highest BCUT2D eigenvalue weighted by Gasteiger charge is 2.47. The van der Waals surface area contributed by atoms with Crippen LogP contribution in [0, 0.1) is 0 Å². The van der Waals surface area contributed by atoms with E-state index in [0.717, 1.165) is 36.8 Å². The molecule has 0 radical (unpaired) electrons. The van der Waals surface area contributed by atoms with Crippen molar-refractivity contribution >= 4 is 11.5 Å². The van der Waals surface area contributed by atoms with E-state index in [1.54, 1.807) is 6.92 Å². The van der Waals surface area contributed by atoms with Crippen molar-refractivity contribution in [3.05, 3.63) is 28.8 Å². The molecule has 28 heavy (non-hydrogen) atoms. The number of unbranched alkanes of at least 4 members (excludes halogenated alkanes) is 2. The molecule has 2 atom stereocenters. The number of aliphatic hydroxyl groups is 2. The SMILES string of the molecule is CCCCCc1cc(OC(C)=O)c2c(c1)OC(C)(C)C1=C2C(O)C(C)(O)CC1. The first-order valence-corrected chi connectivity index (χ1v) is 10.3. The van der Waals surface area contributed by atoms with Crippen LogP contribution in [0.3, 0.4) is 0 Å². The molecule has 5 nitrogen and oxygen atoms in total. The second-order valence-electron chi connectivity index (χ2n) is 8.78. The van der Waals surface area contributed by atoms with Crippen LogP contribution in [0.2, 0.25) is 0 Å². The first-order chi connectivity index (χ1) is 13.1. The quantitative estimate of drug-likeness (QED) is 0.450. The highest BCUT2D eigenvalue weighted by Crippen LogP contribution is 2.52. The molecule has 2 unspecified atom stereocenters. The molecule has 2 N–H and O–H groups in total. The summed E-state index contributed by atoms with van der Waals surface area (Å²) in [5.41, 5.74) is 1.38. The Hall–Kier alpha value is -1.85. The number of fused-ring (bicyclic) bond motifs is 2. The van der Waals surface area contributed by atoms with Crippen LogP contribution in [0.25, 0.3) is 5.57 Å². The van der Waals surface area contributed by atoms with Crippen molar-refractivity contribution in [3.8, 4) is 11.5 Å². The summed E-state index contributed by atoms with van der Waals surface area (Å²) >= 11 is 0. The highest BCUT2D eigenvalue weighted by atomic mass is 16.5. The molecule has 154 valence electrons. The maximum absolute atomic E-state index is 11.8. The third-order valence-corrected chi connectivity index (χ3v) is 5.88. The number of aliphatic hydroxyl groups excluding tert-OH is 1. The Morgan fingerprint density at radius 1 is 1.29 bits per heavy atom. The molecule has 1 aliphatic carbocycles. The molecule has 0 saturated heterocycles. The van der Waals surface area contributed by atoms with E-state index >= 15 is 0 Å². The Bertz CT molecular complexity index is 803. The molecule has 5 heteroatoms. The number of carbonyl (C=O) groups is 1. The van der Waals surface area contributed by atoms with Gasteiger partial charge in [-0.05, 0) is 69.7 Å². The number of hydrogen-bond acceptors (Lipinski definition) is 5. The zero-order valence-corrected chi connectivity index (χ0v) is 17.6. The van der Waals surface area contributed by atoms with E-state index in [1.165, 1.54) is 6.92 Å². The molecule has 0 amide bonds. The maximum Gasteiger partial charge on any atom is 0.308 e. The van der Waals surface area contributed by atoms with Gasteiger partial charge in [-0.2, -0.15) is 0 Å². The van der Waals surface area contributed by atoms with Gasteiger partial charge in [0.2, 0.25) is 0 Å². The molecule has 2 aliphatic rings. The third-order valence-electron chi connectivity index (χ3n) is 5.88. The van der Waals surface area contributed by atoms with Gasteiger partial charge >= 0.3 is 5.97 Å². The summed E-state index contributed by atoms with van der Waals surface area (Å²) < 4.78 is 11.9. The number of benzene rings is 1. The van der Waals surface area contributed by atoms with Gasteiger partial charge in [0.15, 0.2) is 0 Å². The topological polar surface area (TPSA) is 76.0 Å².